The number of hydrogen-bond acceptors (Lipinski definition) is 5. The molecule has 5 nitrogen and oxygen atoms in total. The van der Waals surface area contributed by atoms with Crippen LogP contribution in [0, 0.1) is 0 Å². The van der Waals surface area contributed by atoms with Gasteiger partial charge in [0, 0.05) is 20.6 Å². The molecule has 0 aliphatic carbocycles. The summed E-state index contributed by atoms with van der Waals surface area (Å²) < 4.78 is 15.3. The molecule has 0 bridgehead atoms. The van der Waals surface area contributed by atoms with Crippen LogP contribution in [0.15, 0.2) is 0 Å². The summed E-state index contributed by atoms with van der Waals surface area (Å²) in [5, 5.41) is 18.3. The lowest BCUT2D eigenvalue weighted by molar-refractivity contribution is -0.266. The van der Waals surface area contributed by atoms with Gasteiger partial charge in [0.15, 0.2) is 6.29 Å². The van der Waals surface area contributed by atoms with Crippen molar-refractivity contribution in [3.8, 4) is 0 Å². The van der Waals surface area contributed by atoms with Crippen molar-refractivity contribution in [2.75, 3.05) is 20.8 Å². The van der Waals surface area contributed by atoms with E-state index in [2.05, 4.69) is 0 Å². The third kappa shape index (κ3) is 2.38. The van der Waals surface area contributed by atoms with Crippen molar-refractivity contribution in [1.82, 2.24) is 0 Å². The second kappa shape index (κ2) is 4.88. The zero-order chi connectivity index (χ0) is 9.84. The summed E-state index contributed by atoms with van der Waals surface area (Å²) in [7, 11) is 3.04. The molecule has 4 atom stereocenters. The molecule has 13 heavy (non-hydrogen) atoms. The van der Waals surface area contributed by atoms with Crippen molar-refractivity contribution in [2.24, 2.45) is 0 Å². The standard InChI is InChI=1S/C8H16O5/c1-11-6-3-5(10)7(4-9)13-8(6)12-2/h5-10H,3-4H2,1-2H3/t5-,6+,7+,8-/m0/s1. The number of ether oxygens (including phenoxy) is 3. The SMILES string of the molecule is CO[C@H]1O[C@H](CO)[C@@H](O)C[C@H]1OC. The Morgan fingerprint density at radius 2 is 2.08 bits per heavy atom. The number of rotatable bonds is 3. The van der Waals surface area contributed by atoms with E-state index in [0.717, 1.165) is 0 Å². The van der Waals surface area contributed by atoms with Crippen LogP contribution < -0.4 is 0 Å². The van der Waals surface area contributed by atoms with Gasteiger partial charge >= 0.3 is 0 Å². The molecular weight excluding hydrogens is 176 g/mol. The summed E-state index contributed by atoms with van der Waals surface area (Å²) in [5.41, 5.74) is 0. The third-order valence-electron chi connectivity index (χ3n) is 2.23. The Kier molecular flexibility index (Phi) is 4.08. The van der Waals surface area contributed by atoms with Crippen molar-refractivity contribution in [3.63, 3.8) is 0 Å². The monoisotopic (exact) mass is 192 g/mol. The molecule has 0 aromatic rings. The first kappa shape index (κ1) is 10.9. The molecule has 0 spiro atoms. The third-order valence-corrected chi connectivity index (χ3v) is 2.23. The fourth-order valence-electron chi connectivity index (χ4n) is 1.43. The van der Waals surface area contributed by atoms with Gasteiger partial charge in [0.05, 0.1) is 12.7 Å². The predicted octanol–water partition coefficient (Wildman–Crippen LogP) is -0.884. The van der Waals surface area contributed by atoms with Crippen LogP contribution >= 0.6 is 0 Å². The Morgan fingerprint density at radius 3 is 2.54 bits per heavy atom. The van der Waals surface area contributed by atoms with Gasteiger partial charge in [-0.2, -0.15) is 0 Å². The first-order chi connectivity index (χ1) is 6.22. The maximum absolute atomic E-state index is 9.46. The molecule has 0 aromatic heterocycles. The molecular formula is C8H16O5. The average molecular weight is 192 g/mol. The van der Waals surface area contributed by atoms with Gasteiger partial charge in [-0.05, 0) is 0 Å². The molecule has 2 N–H and O–H groups in total. The normalized spacial score (nSPS) is 40.6. The molecule has 0 saturated carbocycles. The molecule has 5 heteroatoms. The average Bonchev–Trinajstić information content (AvgIpc) is 2.17. The van der Waals surface area contributed by atoms with Gasteiger partial charge in [-0.25, -0.2) is 0 Å². The van der Waals surface area contributed by atoms with Crippen LogP contribution in [0.1, 0.15) is 6.42 Å². The van der Waals surface area contributed by atoms with Crippen molar-refractivity contribution in [3.05, 3.63) is 0 Å². The van der Waals surface area contributed by atoms with Crippen LogP contribution in [0.5, 0.6) is 0 Å². The predicted molar refractivity (Wildman–Crippen MR) is 44.2 cm³/mol. The molecule has 1 aliphatic heterocycles. The second-order valence-corrected chi connectivity index (χ2v) is 3.04. The summed E-state index contributed by atoms with van der Waals surface area (Å²) in [4.78, 5) is 0. The van der Waals surface area contributed by atoms with E-state index >= 15 is 0 Å². The molecule has 0 aromatic carbocycles. The van der Waals surface area contributed by atoms with Crippen molar-refractivity contribution in [2.45, 2.75) is 31.0 Å². The number of methoxy groups -OCH3 is 2. The van der Waals surface area contributed by atoms with Crippen molar-refractivity contribution in [1.29, 1.82) is 0 Å². The number of aliphatic hydroxyl groups excluding tert-OH is 2. The van der Waals surface area contributed by atoms with Gasteiger partial charge in [0.1, 0.15) is 12.2 Å². The molecule has 0 radical (unpaired) electrons. The van der Waals surface area contributed by atoms with Crippen molar-refractivity contribution < 1.29 is 24.4 Å². The number of aliphatic hydroxyl groups is 2. The smallest absolute Gasteiger partial charge is 0.183 e. The fourth-order valence-corrected chi connectivity index (χ4v) is 1.43. The quantitative estimate of drug-likeness (QED) is 0.607. The van der Waals surface area contributed by atoms with Gasteiger partial charge in [-0.3, -0.25) is 0 Å². The maximum atomic E-state index is 9.46. The molecule has 78 valence electrons. The van der Waals surface area contributed by atoms with Crippen molar-refractivity contribution >= 4 is 0 Å². The molecule has 0 amide bonds. The Balaban J connectivity index is 2.54. The first-order valence-electron chi connectivity index (χ1n) is 4.23. The van der Waals surface area contributed by atoms with E-state index < -0.39 is 18.5 Å². The summed E-state index contributed by atoms with van der Waals surface area (Å²) in [6.07, 6.45) is -1.63. The summed E-state index contributed by atoms with van der Waals surface area (Å²) in [5.74, 6) is 0. The van der Waals surface area contributed by atoms with E-state index in [9.17, 15) is 5.11 Å². The van der Waals surface area contributed by atoms with Crippen LogP contribution in [0.25, 0.3) is 0 Å². The maximum Gasteiger partial charge on any atom is 0.183 e. The van der Waals surface area contributed by atoms with Gasteiger partial charge in [-0.1, -0.05) is 0 Å². The highest BCUT2D eigenvalue weighted by Crippen LogP contribution is 2.22. The first-order valence-corrected chi connectivity index (χ1v) is 4.23. The zero-order valence-electron chi connectivity index (χ0n) is 7.84. The van der Waals surface area contributed by atoms with Gasteiger partial charge in [0.2, 0.25) is 0 Å². The minimum Gasteiger partial charge on any atom is -0.394 e. The van der Waals surface area contributed by atoms with E-state index in [1.165, 1.54) is 14.2 Å². The van der Waals surface area contributed by atoms with E-state index in [4.69, 9.17) is 19.3 Å². The van der Waals surface area contributed by atoms with Gasteiger partial charge in [0.25, 0.3) is 0 Å². The van der Waals surface area contributed by atoms with E-state index in [1.807, 2.05) is 0 Å². The Bertz CT molecular complexity index is 151. The largest absolute Gasteiger partial charge is 0.394 e. The topological polar surface area (TPSA) is 68.2 Å². The lowest BCUT2D eigenvalue weighted by Gasteiger charge is -2.37. The molecule has 1 rings (SSSR count). The Labute approximate surface area is 77.2 Å². The van der Waals surface area contributed by atoms with Gasteiger partial charge in [-0.15, -0.1) is 0 Å². The van der Waals surface area contributed by atoms with E-state index in [0.29, 0.717) is 6.42 Å². The van der Waals surface area contributed by atoms with E-state index in [-0.39, 0.29) is 12.7 Å². The van der Waals surface area contributed by atoms with Gasteiger partial charge < -0.3 is 24.4 Å². The van der Waals surface area contributed by atoms with E-state index in [1.54, 1.807) is 0 Å². The number of hydrogen-bond donors (Lipinski definition) is 2. The van der Waals surface area contributed by atoms with Crippen LogP contribution in [0.2, 0.25) is 0 Å². The minimum atomic E-state index is -0.693. The summed E-state index contributed by atoms with van der Waals surface area (Å²) in [6.45, 7) is -0.211. The molecule has 0 unspecified atom stereocenters. The lowest BCUT2D eigenvalue weighted by Crippen LogP contribution is -2.50. The fraction of sp³-hybridized carbons (Fsp3) is 1.00. The minimum absolute atomic E-state index is 0.211. The van der Waals surface area contributed by atoms with Crippen LogP contribution in [-0.4, -0.2) is 55.6 Å². The Morgan fingerprint density at radius 1 is 1.38 bits per heavy atom. The highest BCUT2D eigenvalue weighted by Gasteiger charge is 2.36. The zero-order valence-corrected chi connectivity index (χ0v) is 7.84. The highest BCUT2D eigenvalue weighted by atomic mass is 16.7. The Hall–Kier alpha value is -0.200. The molecule has 1 saturated heterocycles. The van der Waals surface area contributed by atoms with Crippen LogP contribution in [0.4, 0.5) is 0 Å². The second-order valence-electron chi connectivity index (χ2n) is 3.04. The summed E-state index contributed by atoms with van der Waals surface area (Å²) >= 11 is 0. The molecule has 1 fully saturated rings. The molecule has 1 heterocycles. The molecule has 1 aliphatic rings. The van der Waals surface area contributed by atoms with Crippen LogP contribution in [-0.2, 0) is 14.2 Å². The van der Waals surface area contributed by atoms with Crippen LogP contribution in [0.3, 0.4) is 0 Å². The highest BCUT2D eigenvalue weighted by molar-refractivity contribution is 4.81. The lowest BCUT2D eigenvalue weighted by atomic mass is 10.0. The summed E-state index contributed by atoms with van der Waals surface area (Å²) in [6, 6.07) is 0.